The van der Waals surface area contributed by atoms with Gasteiger partial charge in [0.25, 0.3) is 0 Å². The summed E-state index contributed by atoms with van der Waals surface area (Å²) in [6, 6.07) is 5.52. The monoisotopic (exact) mass is 150 g/mol. The molecule has 0 aliphatic carbocycles. The molecule has 0 spiro atoms. The first-order valence-corrected chi connectivity index (χ1v) is 3.12. The van der Waals surface area contributed by atoms with Gasteiger partial charge in [-0.2, -0.15) is 0 Å². The van der Waals surface area contributed by atoms with Gasteiger partial charge in [0, 0.05) is 6.20 Å². The first-order chi connectivity index (χ1) is 5.38. The predicted molar refractivity (Wildman–Crippen MR) is 39.2 cm³/mol. The molecule has 0 bridgehead atoms. The maximum absolute atomic E-state index is 10.3. The Morgan fingerprint density at radius 2 is 2.64 bits per heavy atom. The molecule has 1 heterocycles. The van der Waals surface area contributed by atoms with Crippen LogP contribution >= 0.6 is 0 Å². The molecule has 0 aliphatic rings. The molecule has 0 saturated carbocycles. The summed E-state index contributed by atoms with van der Waals surface area (Å²) in [6.45, 7) is 0. The maximum atomic E-state index is 10.3. The van der Waals surface area contributed by atoms with Crippen molar-refractivity contribution in [1.29, 1.82) is 0 Å². The number of hydrogen-bond acceptors (Lipinski definition) is 4. The number of aromatic nitrogens is 1. The smallest absolute Gasteiger partial charge is 0.144 e. The van der Waals surface area contributed by atoms with E-state index in [0.29, 0.717) is 12.0 Å². The second kappa shape index (κ2) is 3.80. The molecule has 0 aromatic carbocycles. The van der Waals surface area contributed by atoms with Crippen LogP contribution in [0.25, 0.3) is 0 Å². The topological polar surface area (TPSA) is 68.0 Å². The number of nitrogens with one attached hydrogen (secondary N) is 1. The van der Waals surface area contributed by atoms with Gasteiger partial charge in [0.05, 0.1) is 5.69 Å². The van der Waals surface area contributed by atoms with Crippen LogP contribution in [0.4, 0.5) is 0 Å². The lowest BCUT2D eigenvalue weighted by atomic mass is 10.2. The third-order valence-electron chi connectivity index (χ3n) is 1.26. The summed E-state index contributed by atoms with van der Waals surface area (Å²) in [5, 5.41) is 0. The van der Waals surface area contributed by atoms with Gasteiger partial charge in [-0.25, -0.2) is 5.43 Å². The van der Waals surface area contributed by atoms with Crippen LogP contribution in [-0.2, 0) is 4.79 Å². The third kappa shape index (κ3) is 1.83. The second-order valence-corrected chi connectivity index (χ2v) is 1.96. The van der Waals surface area contributed by atoms with Crippen LogP contribution in [0.1, 0.15) is 11.7 Å². The number of hydrogen-bond donors (Lipinski definition) is 2. The Morgan fingerprint density at radius 1 is 1.82 bits per heavy atom. The van der Waals surface area contributed by atoms with Crippen molar-refractivity contribution in [3.8, 4) is 0 Å². The number of carbonyl (C=O) groups excluding carboxylic acids is 1. The van der Waals surface area contributed by atoms with Crippen molar-refractivity contribution in [2.45, 2.75) is 6.04 Å². The molecule has 4 heteroatoms. The van der Waals surface area contributed by atoms with E-state index in [4.69, 9.17) is 5.84 Å². The molecule has 57 valence electrons. The minimum atomic E-state index is -0.535. The SMILES string of the molecule is NNC(C=O)c1c[c]ccn1. The summed E-state index contributed by atoms with van der Waals surface area (Å²) in [6.07, 6.45) is 2.25. The first kappa shape index (κ1) is 7.84. The molecule has 1 unspecified atom stereocenters. The Kier molecular flexibility index (Phi) is 2.71. The second-order valence-electron chi connectivity index (χ2n) is 1.96. The summed E-state index contributed by atoms with van der Waals surface area (Å²) >= 11 is 0. The number of hydrazine groups is 1. The Bertz CT molecular complexity index is 224. The van der Waals surface area contributed by atoms with Gasteiger partial charge in [-0.1, -0.05) is 0 Å². The van der Waals surface area contributed by atoms with E-state index in [1.165, 1.54) is 0 Å². The van der Waals surface area contributed by atoms with E-state index in [-0.39, 0.29) is 0 Å². The normalized spacial score (nSPS) is 12.5. The molecule has 0 aliphatic heterocycles. The molecule has 4 nitrogen and oxygen atoms in total. The van der Waals surface area contributed by atoms with Crippen molar-refractivity contribution < 1.29 is 4.79 Å². The highest BCUT2D eigenvalue weighted by atomic mass is 16.1. The Labute approximate surface area is 64.4 Å². The van der Waals surface area contributed by atoms with E-state index in [1.807, 2.05) is 0 Å². The number of pyridine rings is 1. The molecule has 1 aromatic rings. The van der Waals surface area contributed by atoms with Crippen LogP contribution in [0.3, 0.4) is 0 Å². The molecule has 3 N–H and O–H groups in total. The quantitative estimate of drug-likeness (QED) is 0.349. The first-order valence-electron chi connectivity index (χ1n) is 3.12. The van der Waals surface area contributed by atoms with Crippen molar-refractivity contribution in [3.05, 3.63) is 30.1 Å². The summed E-state index contributed by atoms with van der Waals surface area (Å²) in [5.74, 6) is 5.08. The molecule has 11 heavy (non-hydrogen) atoms. The van der Waals surface area contributed by atoms with E-state index in [2.05, 4.69) is 16.5 Å². The van der Waals surface area contributed by atoms with Gasteiger partial charge < -0.3 is 4.79 Å². The molecular weight excluding hydrogens is 142 g/mol. The number of rotatable bonds is 3. The summed E-state index contributed by atoms with van der Waals surface area (Å²) in [7, 11) is 0. The third-order valence-corrected chi connectivity index (χ3v) is 1.26. The van der Waals surface area contributed by atoms with Crippen LogP contribution in [0.15, 0.2) is 18.3 Å². The van der Waals surface area contributed by atoms with Gasteiger partial charge in [0.15, 0.2) is 0 Å². The summed E-state index contributed by atoms with van der Waals surface area (Å²) in [4.78, 5) is 14.3. The highest BCUT2D eigenvalue weighted by molar-refractivity contribution is 5.59. The lowest BCUT2D eigenvalue weighted by molar-refractivity contribution is -0.109. The van der Waals surface area contributed by atoms with Gasteiger partial charge >= 0.3 is 0 Å². The molecule has 1 aromatic heterocycles. The van der Waals surface area contributed by atoms with Gasteiger partial charge in [-0.05, 0) is 18.2 Å². The maximum Gasteiger partial charge on any atom is 0.144 e. The lowest BCUT2D eigenvalue weighted by Crippen LogP contribution is -2.29. The van der Waals surface area contributed by atoms with Crippen LogP contribution in [-0.4, -0.2) is 11.3 Å². The zero-order valence-corrected chi connectivity index (χ0v) is 5.82. The van der Waals surface area contributed by atoms with E-state index < -0.39 is 6.04 Å². The fraction of sp³-hybridized carbons (Fsp3) is 0.143. The lowest BCUT2D eigenvalue weighted by Gasteiger charge is -2.05. The Hall–Kier alpha value is -1.26. The van der Waals surface area contributed by atoms with Crippen molar-refractivity contribution >= 4 is 6.29 Å². The Balaban J connectivity index is 2.82. The van der Waals surface area contributed by atoms with Crippen molar-refractivity contribution in [2.24, 2.45) is 5.84 Å². The van der Waals surface area contributed by atoms with Gasteiger partial charge in [-0.15, -0.1) is 0 Å². The molecule has 0 amide bonds. The zero-order valence-electron chi connectivity index (χ0n) is 5.82. The van der Waals surface area contributed by atoms with Crippen LogP contribution in [0.2, 0.25) is 0 Å². The fourth-order valence-electron chi connectivity index (χ4n) is 0.702. The minimum absolute atomic E-state index is 0.535. The molecule has 1 atom stereocenters. The largest absolute Gasteiger partial charge is 0.301 e. The van der Waals surface area contributed by atoms with Crippen molar-refractivity contribution in [2.75, 3.05) is 0 Å². The van der Waals surface area contributed by atoms with E-state index in [0.717, 1.165) is 0 Å². The fourth-order valence-corrected chi connectivity index (χ4v) is 0.702. The van der Waals surface area contributed by atoms with Crippen LogP contribution in [0, 0.1) is 6.07 Å². The van der Waals surface area contributed by atoms with Crippen LogP contribution in [0.5, 0.6) is 0 Å². The van der Waals surface area contributed by atoms with Gasteiger partial charge in [-0.3, -0.25) is 10.8 Å². The van der Waals surface area contributed by atoms with Crippen molar-refractivity contribution in [1.82, 2.24) is 10.4 Å². The average molecular weight is 150 g/mol. The number of nitrogens with zero attached hydrogens (tertiary/aromatic N) is 1. The summed E-state index contributed by atoms with van der Waals surface area (Å²) < 4.78 is 0. The van der Waals surface area contributed by atoms with Gasteiger partial charge in [0.2, 0.25) is 0 Å². The van der Waals surface area contributed by atoms with E-state index >= 15 is 0 Å². The molecule has 1 rings (SSSR count). The Morgan fingerprint density at radius 3 is 3.09 bits per heavy atom. The standard InChI is InChI=1S/C7H8N3O/c8-10-7(5-11)6-3-1-2-4-9-6/h2-5,7,10H,8H2. The van der Waals surface area contributed by atoms with E-state index in [9.17, 15) is 4.79 Å². The molecular formula is C7H8N3O. The predicted octanol–water partition coefficient (Wildman–Crippen LogP) is -0.415. The molecule has 0 fully saturated rings. The number of aldehydes is 1. The van der Waals surface area contributed by atoms with Crippen LogP contribution < -0.4 is 11.3 Å². The van der Waals surface area contributed by atoms with E-state index in [1.54, 1.807) is 18.3 Å². The number of carbonyl (C=O) groups is 1. The molecule has 1 radical (unpaired) electrons. The average Bonchev–Trinajstić information content (AvgIpc) is 2.09. The van der Waals surface area contributed by atoms with Crippen molar-refractivity contribution in [3.63, 3.8) is 0 Å². The highest BCUT2D eigenvalue weighted by Crippen LogP contribution is 2.02. The zero-order chi connectivity index (χ0) is 8.10. The molecule has 0 saturated heterocycles. The highest BCUT2D eigenvalue weighted by Gasteiger charge is 2.06. The summed E-state index contributed by atoms with van der Waals surface area (Å²) in [5.41, 5.74) is 2.89. The number of nitrogens with two attached hydrogens (primary N) is 1. The van der Waals surface area contributed by atoms with Gasteiger partial charge in [0.1, 0.15) is 12.3 Å². The minimum Gasteiger partial charge on any atom is -0.301 e.